The van der Waals surface area contributed by atoms with Crippen LogP contribution in [0.5, 0.6) is 0 Å². The van der Waals surface area contributed by atoms with E-state index in [1.54, 1.807) is 0 Å². The first-order valence-electron chi connectivity index (χ1n) is 7.30. The summed E-state index contributed by atoms with van der Waals surface area (Å²) in [6.45, 7) is 6.24. The topological polar surface area (TPSA) is 15.3 Å². The van der Waals surface area contributed by atoms with Crippen LogP contribution >= 0.6 is 23.2 Å². The predicted octanol–water partition coefficient (Wildman–Crippen LogP) is 4.45. The zero-order valence-electron chi connectivity index (χ0n) is 12.9. The Morgan fingerprint density at radius 2 is 1.80 bits per heavy atom. The first-order valence-corrected chi connectivity index (χ1v) is 8.06. The van der Waals surface area contributed by atoms with Crippen molar-refractivity contribution in [2.24, 2.45) is 5.92 Å². The van der Waals surface area contributed by atoms with E-state index >= 15 is 0 Å². The average Bonchev–Trinajstić information content (AvgIpc) is 2.41. The highest BCUT2D eigenvalue weighted by Crippen LogP contribution is 2.21. The summed E-state index contributed by atoms with van der Waals surface area (Å²) in [5, 5.41) is 5.02. The molecule has 0 aliphatic heterocycles. The molecule has 2 nitrogen and oxygen atoms in total. The van der Waals surface area contributed by atoms with Crippen molar-refractivity contribution >= 4 is 23.2 Å². The largest absolute Gasteiger partial charge is 0.311 e. The van der Waals surface area contributed by atoms with E-state index in [2.05, 4.69) is 38.2 Å². The van der Waals surface area contributed by atoms with Gasteiger partial charge < -0.3 is 10.2 Å². The van der Waals surface area contributed by atoms with Gasteiger partial charge in [-0.1, -0.05) is 49.9 Å². The quantitative estimate of drug-likeness (QED) is 0.762. The lowest BCUT2D eigenvalue weighted by molar-refractivity contribution is 0.194. The maximum absolute atomic E-state index is 6.18. The summed E-state index contributed by atoms with van der Waals surface area (Å²) < 4.78 is 0. The zero-order chi connectivity index (χ0) is 15.1. The minimum atomic E-state index is 0.544. The fraction of sp³-hybridized carbons (Fsp3) is 0.625. The molecule has 0 heterocycles. The number of nitrogens with one attached hydrogen (secondary N) is 1. The second kappa shape index (κ2) is 8.89. The summed E-state index contributed by atoms with van der Waals surface area (Å²) in [4.78, 5) is 2.31. The number of halogens is 2. The number of likely N-dealkylation sites (N-methyl/N-ethyl adjacent to an activating group) is 1. The molecule has 0 aromatic heterocycles. The van der Waals surface area contributed by atoms with Gasteiger partial charge in [-0.3, -0.25) is 0 Å². The summed E-state index contributed by atoms with van der Waals surface area (Å²) >= 11 is 12.2. The highest BCUT2D eigenvalue weighted by atomic mass is 35.5. The van der Waals surface area contributed by atoms with Crippen molar-refractivity contribution in [2.45, 2.75) is 39.3 Å². The second-order valence-electron chi connectivity index (χ2n) is 5.47. The molecular formula is C16H26Cl2N2. The van der Waals surface area contributed by atoms with Crippen LogP contribution in [0.15, 0.2) is 18.2 Å². The van der Waals surface area contributed by atoms with E-state index in [1.807, 2.05) is 18.2 Å². The van der Waals surface area contributed by atoms with Crippen LogP contribution in [0, 0.1) is 5.92 Å². The molecule has 0 spiro atoms. The zero-order valence-corrected chi connectivity index (χ0v) is 14.4. The first kappa shape index (κ1) is 17.8. The molecule has 1 unspecified atom stereocenters. The number of rotatable bonds is 8. The monoisotopic (exact) mass is 316 g/mol. The normalized spacial score (nSPS) is 13.2. The standard InChI is InChI=1S/C16H26Cl2N2/c1-5-12(6-2)16(20(3)4)11-19-10-13-9-14(17)7-8-15(13)18/h7-9,12,16,19H,5-6,10-11H2,1-4H3. The third-order valence-electron chi connectivity index (χ3n) is 3.93. The Morgan fingerprint density at radius 1 is 1.15 bits per heavy atom. The maximum Gasteiger partial charge on any atom is 0.0451 e. The van der Waals surface area contributed by atoms with Crippen LogP contribution in [0.1, 0.15) is 32.3 Å². The van der Waals surface area contributed by atoms with Crippen molar-refractivity contribution < 1.29 is 0 Å². The van der Waals surface area contributed by atoms with Gasteiger partial charge in [0.25, 0.3) is 0 Å². The van der Waals surface area contributed by atoms with Gasteiger partial charge in [0.1, 0.15) is 0 Å². The summed E-state index contributed by atoms with van der Waals surface area (Å²) in [5.74, 6) is 0.715. The van der Waals surface area contributed by atoms with E-state index in [9.17, 15) is 0 Å². The smallest absolute Gasteiger partial charge is 0.0451 e. The lowest BCUT2D eigenvalue weighted by Gasteiger charge is -2.31. The van der Waals surface area contributed by atoms with E-state index in [4.69, 9.17) is 23.2 Å². The van der Waals surface area contributed by atoms with Crippen molar-refractivity contribution in [3.05, 3.63) is 33.8 Å². The van der Waals surface area contributed by atoms with E-state index < -0.39 is 0 Å². The molecular weight excluding hydrogens is 291 g/mol. The van der Waals surface area contributed by atoms with Gasteiger partial charge in [-0.25, -0.2) is 0 Å². The lowest BCUT2D eigenvalue weighted by Crippen LogP contribution is -2.42. The van der Waals surface area contributed by atoms with Crippen molar-refractivity contribution in [3.63, 3.8) is 0 Å². The Bertz CT molecular complexity index is 403. The van der Waals surface area contributed by atoms with Gasteiger partial charge in [0, 0.05) is 29.2 Å². The number of nitrogens with zero attached hydrogens (tertiary/aromatic N) is 1. The van der Waals surface area contributed by atoms with Crippen molar-refractivity contribution in [1.29, 1.82) is 0 Å². The van der Waals surface area contributed by atoms with E-state index in [-0.39, 0.29) is 0 Å². The van der Waals surface area contributed by atoms with Crippen LogP contribution in [0.4, 0.5) is 0 Å². The highest BCUT2D eigenvalue weighted by Gasteiger charge is 2.20. The van der Waals surface area contributed by atoms with E-state index in [1.165, 1.54) is 12.8 Å². The van der Waals surface area contributed by atoms with Crippen LogP contribution in [-0.4, -0.2) is 31.6 Å². The van der Waals surface area contributed by atoms with Gasteiger partial charge >= 0.3 is 0 Å². The molecule has 0 saturated heterocycles. The first-order chi connectivity index (χ1) is 9.49. The highest BCUT2D eigenvalue weighted by molar-refractivity contribution is 6.33. The number of hydrogen-bond acceptors (Lipinski definition) is 2. The molecule has 0 bridgehead atoms. The van der Waals surface area contributed by atoms with Gasteiger partial charge in [0.2, 0.25) is 0 Å². The molecule has 1 N–H and O–H groups in total. The maximum atomic E-state index is 6.18. The second-order valence-corrected chi connectivity index (χ2v) is 6.32. The van der Waals surface area contributed by atoms with Crippen molar-refractivity contribution in [1.82, 2.24) is 10.2 Å². The molecule has 0 amide bonds. The fourth-order valence-electron chi connectivity index (χ4n) is 2.64. The molecule has 1 aromatic rings. The molecule has 1 aromatic carbocycles. The molecule has 4 heteroatoms. The Hall–Kier alpha value is -0.280. The molecule has 1 rings (SSSR count). The van der Waals surface area contributed by atoms with Crippen LogP contribution in [0.2, 0.25) is 10.0 Å². The van der Waals surface area contributed by atoms with Crippen LogP contribution in [0.3, 0.4) is 0 Å². The molecule has 0 saturated carbocycles. The fourth-order valence-corrected chi connectivity index (χ4v) is 3.02. The SMILES string of the molecule is CCC(CC)C(CNCc1cc(Cl)ccc1Cl)N(C)C. The molecule has 0 aliphatic rings. The predicted molar refractivity (Wildman–Crippen MR) is 89.7 cm³/mol. The van der Waals surface area contributed by atoms with Crippen LogP contribution in [-0.2, 0) is 6.54 Å². The van der Waals surface area contributed by atoms with Gasteiger partial charge in [-0.05, 0) is 43.8 Å². The average molecular weight is 317 g/mol. The van der Waals surface area contributed by atoms with Crippen molar-refractivity contribution in [3.8, 4) is 0 Å². The summed E-state index contributed by atoms with van der Waals surface area (Å²) in [6, 6.07) is 6.15. The summed E-state index contributed by atoms with van der Waals surface area (Å²) in [5.41, 5.74) is 1.06. The molecule has 0 fully saturated rings. The van der Waals surface area contributed by atoms with Crippen molar-refractivity contribution in [2.75, 3.05) is 20.6 Å². The van der Waals surface area contributed by atoms with E-state index in [0.29, 0.717) is 12.0 Å². The Balaban J connectivity index is 2.58. The number of benzene rings is 1. The minimum Gasteiger partial charge on any atom is -0.311 e. The van der Waals surface area contributed by atoms with E-state index in [0.717, 1.165) is 28.7 Å². The third-order valence-corrected chi connectivity index (χ3v) is 4.54. The Labute approximate surface area is 133 Å². The van der Waals surface area contributed by atoms with Gasteiger partial charge in [-0.2, -0.15) is 0 Å². The number of hydrogen-bond donors (Lipinski definition) is 1. The minimum absolute atomic E-state index is 0.544. The molecule has 20 heavy (non-hydrogen) atoms. The van der Waals surface area contributed by atoms with Gasteiger partial charge in [-0.15, -0.1) is 0 Å². The Morgan fingerprint density at radius 3 is 2.35 bits per heavy atom. The lowest BCUT2D eigenvalue weighted by atomic mass is 9.93. The van der Waals surface area contributed by atoms with Crippen LogP contribution in [0.25, 0.3) is 0 Å². The molecule has 0 radical (unpaired) electrons. The van der Waals surface area contributed by atoms with Gasteiger partial charge in [0.05, 0.1) is 0 Å². The molecule has 0 aliphatic carbocycles. The van der Waals surface area contributed by atoms with Gasteiger partial charge in [0.15, 0.2) is 0 Å². The summed E-state index contributed by atoms with van der Waals surface area (Å²) in [7, 11) is 4.30. The molecule has 1 atom stereocenters. The van der Waals surface area contributed by atoms with Crippen LogP contribution < -0.4 is 5.32 Å². The summed E-state index contributed by atoms with van der Waals surface area (Å²) in [6.07, 6.45) is 2.41. The third kappa shape index (κ3) is 5.25. The molecule has 114 valence electrons. The Kier molecular flexibility index (Phi) is 7.90.